The molecule has 1 aliphatic heterocycles. The van der Waals surface area contributed by atoms with Crippen LogP contribution in [-0.4, -0.2) is 39.3 Å². The van der Waals surface area contributed by atoms with E-state index < -0.39 is 0 Å². The highest BCUT2D eigenvalue weighted by atomic mass is 16.3. The first-order chi connectivity index (χ1) is 16.0. The van der Waals surface area contributed by atoms with Crippen molar-refractivity contribution in [3.8, 4) is 12.1 Å². The van der Waals surface area contributed by atoms with Crippen molar-refractivity contribution in [3.05, 3.63) is 88.5 Å². The number of imidazole rings is 1. The molecule has 1 saturated heterocycles. The van der Waals surface area contributed by atoms with Crippen molar-refractivity contribution in [1.29, 1.82) is 10.5 Å². The van der Waals surface area contributed by atoms with Crippen LogP contribution in [0.4, 0.5) is 0 Å². The van der Waals surface area contributed by atoms with Crippen LogP contribution in [0.1, 0.15) is 46.6 Å². The first kappa shape index (κ1) is 22.7. The van der Waals surface area contributed by atoms with Gasteiger partial charge in [0, 0.05) is 25.9 Å². The highest BCUT2D eigenvalue weighted by molar-refractivity contribution is 5.33. The van der Waals surface area contributed by atoms with E-state index in [1.54, 1.807) is 0 Å². The second-order valence-electron chi connectivity index (χ2n) is 9.11. The molecule has 2 heterocycles. The maximum absolute atomic E-state index is 10.2. The van der Waals surface area contributed by atoms with Gasteiger partial charge in [0.25, 0.3) is 0 Å². The molecule has 4 rings (SSSR count). The largest absolute Gasteiger partial charge is 0.396 e. The van der Waals surface area contributed by atoms with E-state index in [2.05, 4.69) is 32.7 Å². The van der Waals surface area contributed by atoms with Crippen LogP contribution < -0.4 is 0 Å². The molecule has 33 heavy (non-hydrogen) atoms. The summed E-state index contributed by atoms with van der Waals surface area (Å²) in [6.07, 6.45) is 4.59. The van der Waals surface area contributed by atoms with E-state index in [-0.39, 0.29) is 12.0 Å². The highest BCUT2D eigenvalue weighted by Crippen LogP contribution is 2.35. The van der Waals surface area contributed by atoms with Gasteiger partial charge in [-0.1, -0.05) is 24.3 Å². The summed E-state index contributed by atoms with van der Waals surface area (Å²) in [5.41, 5.74) is 4.64. The Bertz CT molecular complexity index is 1170. The fourth-order valence-corrected chi connectivity index (χ4v) is 4.71. The third-order valence-corrected chi connectivity index (χ3v) is 6.83. The molecule has 2 aromatic carbocycles. The van der Waals surface area contributed by atoms with Crippen molar-refractivity contribution >= 4 is 0 Å². The second-order valence-corrected chi connectivity index (χ2v) is 9.11. The average molecular weight is 440 g/mol. The molecule has 1 aromatic heterocycles. The smallest absolute Gasteiger partial charge is 0.106 e. The van der Waals surface area contributed by atoms with Crippen molar-refractivity contribution < 1.29 is 5.11 Å². The topological polar surface area (TPSA) is 88.9 Å². The van der Waals surface area contributed by atoms with Gasteiger partial charge in [0.2, 0.25) is 0 Å². The lowest BCUT2D eigenvalue weighted by Gasteiger charge is -2.41. The summed E-state index contributed by atoms with van der Waals surface area (Å²) in [4.78, 5) is 6.98. The lowest BCUT2D eigenvalue weighted by atomic mass is 9.74. The van der Waals surface area contributed by atoms with Crippen molar-refractivity contribution in [2.24, 2.45) is 5.41 Å². The molecule has 6 nitrogen and oxygen atoms in total. The molecule has 1 aliphatic rings. The quantitative estimate of drug-likeness (QED) is 0.605. The number of hydrogen-bond donors (Lipinski definition) is 1. The van der Waals surface area contributed by atoms with E-state index in [4.69, 9.17) is 5.26 Å². The van der Waals surface area contributed by atoms with Crippen molar-refractivity contribution in [2.75, 3.05) is 19.7 Å². The summed E-state index contributed by atoms with van der Waals surface area (Å²) in [6, 6.07) is 19.8. The summed E-state index contributed by atoms with van der Waals surface area (Å²) in [5.74, 6) is 0.980. The van der Waals surface area contributed by atoms with E-state index in [1.807, 2.05) is 55.6 Å². The minimum Gasteiger partial charge on any atom is -0.396 e. The predicted molar refractivity (Wildman–Crippen MR) is 126 cm³/mol. The highest BCUT2D eigenvalue weighted by Gasteiger charge is 2.34. The number of hydrogen-bond acceptors (Lipinski definition) is 5. The Morgan fingerprint density at radius 3 is 2.36 bits per heavy atom. The maximum Gasteiger partial charge on any atom is 0.106 e. The molecule has 0 bridgehead atoms. The fraction of sp³-hybridized carbons (Fsp3) is 0.370. The van der Waals surface area contributed by atoms with E-state index in [0.29, 0.717) is 11.1 Å². The van der Waals surface area contributed by atoms with Crippen LogP contribution in [0, 0.1) is 35.0 Å². The SMILES string of the molecule is Cc1ncc(CN2CCC(CO)(Cc3cccc(C#N)c3)CC2)n1Cc1ccc(C#N)cc1. The first-order valence-corrected chi connectivity index (χ1v) is 11.4. The number of aliphatic hydroxyl groups is 1. The van der Waals surface area contributed by atoms with E-state index >= 15 is 0 Å². The monoisotopic (exact) mass is 439 g/mol. The van der Waals surface area contributed by atoms with Gasteiger partial charge in [-0.2, -0.15) is 10.5 Å². The lowest BCUT2D eigenvalue weighted by molar-refractivity contribution is 0.0406. The maximum atomic E-state index is 10.2. The number of benzene rings is 2. The molecule has 0 unspecified atom stereocenters. The molecule has 0 aliphatic carbocycles. The summed E-state index contributed by atoms with van der Waals surface area (Å²) >= 11 is 0. The molecule has 168 valence electrons. The Hall–Kier alpha value is -3.45. The summed E-state index contributed by atoms with van der Waals surface area (Å²) in [6.45, 7) is 5.57. The van der Waals surface area contributed by atoms with Crippen LogP contribution in [0.25, 0.3) is 0 Å². The number of aromatic nitrogens is 2. The van der Waals surface area contributed by atoms with Crippen LogP contribution in [0.2, 0.25) is 0 Å². The van der Waals surface area contributed by atoms with Gasteiger partial charge in [0.15, 0.2) is 0 Å². The molecule has 0 amide bonds. The second kappa shape index (κ2) is 10.0. The minimum atomic E-state index is -0.136. The van der Waals surface area contributed by atoms with Crippen LogP contribution in [0.5, 0.6) is 0 Å². The normalized spacial score (nSPS) is 15.6. The Balaban J connectivity index is 1.40. The number of rotatable bonds is 7. The number of aliphatic hydroxyl groups excluding tert-OH is 1. The summed E-state index contributed by atoms with van der Waals surface area (Å²) < 4.78 is 2.24. The minimum absolute atomic E-state index is 0.136. The zero-order valence-corrected chi connectivity index (χ0v) is 19.0. The van der Waals surface area contributed by atoms with Crippen LogP contribution in [0.15, 0.2) is 54.7 Å². The zero-order valence-electron chi connectivity index (χ0n) is 19.0. The molecule has 0 atom stereocenters. The van der Waals surface area contributed by atoms with Crippen LogP contribution >= 0.6 is 0 Å². The van der Waals surface area contributed by atoms with Gasteiger partial charge in [-0.25, -0.2) is 4.98 Å². The number of likely N-dealkylation sites (tertiary alicyclic amines) is 1. The third kappa shape index (κ3) is 5.31. The van der Waals surface area contributed by atoms with Gasteiger partial charge < -0.3 is 9.67 Å². The summed E-state index contributed by atoms with van der Waals surface area (Å²) in [7, 11) is 0. The van der Waals surface area contributed by atoms with Crippen LogP contribution in [0.3, 0.4) is 0 Å². The molecule has 0 spiro atoms. The Morgan fingerprint density at radius 1 is 0.970 bits per heavy atom. The standard InChI is InChI=1S/C27H29N5O/c1-21-30-17-26(32(21)18-23-7-5-22(15-28)6-8-23)19-31-11-9-27(20-33,10-12-31)14-24-3-2-4-25(13-24)16-29/h2-8,13,17,33H,9-12,14,18-20H2,1H3. The van der Waals surface area contributed by atoms with Gasteiger partial charge in [0.1, 0.15) is 5.82 Å². The molecule has 0 radical (unpaired) electrons. The third-order valence-electron chi connectivity index (χ3n) is 6.83. The fourth-order valence-electron chi connectivity index (χ4n) is 4.71. The Morgan fingerprint density at radius 2 is 1.70 bits per heavy atom. The molecule has 1 fully saturated rings. The Kier molecular flexibility index (Phi) is 6.89. The molecule has 3 aromatic rings. The molecule has 1 N–H and O–H groups in total. The first-order valence-electron chi connectivity index (χ1n) is 11.4. The molecular formula is C27H29N5O. The van der Waals surface area contributed by atoms with Gasteiger partial charge >= 0.3 is 0 Å². The van der Waals surface area contributed by atoms with Crippen LogP contribution in [-0.2, 0) is 19.5 Å². The van der Waals surface area contributed by atoms with Crippen molar-refractivity contribution in [2.45, 2.75) is 39.3 Å². The van der Waals surface area contributed by atoms with Gasteiger partial charge in [-0.3, -0.25) is 4.90 Å². The predicted octanol–water partition coefficient (Wildman–Crippen LogP) is 3.80. The number of nitriles is 2. The molecular weight excluding hydrogens is 410 g/mol. The van der Waals surface area contributed by atoms with Gasteiger partial charge in [-0.05, 0) is 80.1 Å². The number of piperidine rings is 1. The Labute approximate surface area is 195 Å². The van der Waals surface area contributed by atoms with E-state index in [0.717, 1.165) is 62.4 Å². The van der Waals surface area contributed by atoms with E-state index in [9.17, 15) is 10.4 Å². The number of nitrogens with zero attached hydrogens (tertiary/aromatic N) is 5. The van der Waals surface area contributed by atoms with Gasteiger partial charge in [-0.15, -0.1) is 0 Å². The van der Waals surface area contributed by atoms with Crippen molar-refractivity contribution in [1.82, 2.24) is 14.5 Å². The molecule has 0 saturated carbocycles. The van der Waals surface area contributed by atoms with Crippen molar-refractivity contribution in [3.63, 3.8) is 0 Å². The van der Waals surface area contributed by atoms with Gasteiger partial charge in [0.05, 0.1) is 29.0 Å². The average Bonchev–Trinajstić information content (AvgIpc) is 3.19. The zero-order chi connectivity index (χ0) is 23.3. The number of aryl methyl sites for hydroxylation is 1. The molecule has 6 heteroatoms. The summed E-state index contributed by atoms with van der Waals surface area (Å²) in [5, 5.41) is 28.4. The lowest BCUT2D eigenvalue weighted by Crippen LogP contribution is -2.43. The van der Waals surface area contributed by atoms with E-state index in [1.165, 1.54) is 5.69 Å².